The van der Waals surface area contributed by atoms with E-state index in [0.717, 1.165) is 16.8 Å². The molecule has 1 aliphatic carbocycles. The standard InChI is InChI=1S/C12H15BrCl2N2/c13-10-5-9(15)6-16-11(10)17-8-12(7-14)3-1-2-4-12/h5-6H,1-4,7-8H2,(H,16,17). The maximum atomic E-state index is 6.10. The van der Waals surface area contributed by atoms with E-state index in [1.54, 1.807) is 6.20 Å². The lowest BCUT2D eigenvalue weighted by atomic mass is 9.88. The Morgan fingerprint density at radius 1 is 1.41 bits per heavy atom. The van der Waals surface area contributed by atoms with Crippen molar-refractivity contribution in [3.63, 3.8) is 0 Å². The zero-order valence-electron chi connectivity index (χ0n) is 9.48. The van der Waals surface area contributed by atoms with Crippen LogP contribution in [0.5, 0.6) is 0 Å². The molecule has 1 aromatic heterocycles. The third-order valence-corrected chi connectivity index (χ3v) is 4.76. The number of nitrogens with zero attached hydrogens (tertiary/aromatic N) is 1. The number of hydrogen-bond donors (Lipinski definition) is 1. The first-order valence-corrected chi connectivity index (χ1v) is 7.47. The van der Waals surface area contributed by atoms with Gasteiger partial charge in [0.15, 0.2) is 0 Å². The Bertz CT molecular complexity index is 392. The van der Waals surface area contributed by atoms with Crippen LogP contribution in [-0.4, -0.2) is 17.4 Å². The van der Waals surface area contributed by atoms with Gasteiger partial charge in [0.25, 0.3) is 0 Å². The van der Waals surface area contributed by atoms with Gasteiger partial charge in [-0.25, -0.2) is 4.98 Å². The average molecular weight is 338 g/mol. The second-order valence-corrected chi connectivity index (χ2v) is 6.24. The summed E-state index contributed by atoms with van der Waals surface area (Å²) in [5, 5.41) is 4.01. The zero-order valence-corrected chi connectivity index (χ0v) is 12.6. The molecule has 0 amide bonds. The molecule has 1 N–H and O–H groups in total. The van der Waals surface area contributed by atoms with Gasteiger partial charge in [0.1, 0.15) is 5.82 Å². The van der Waals surface area contributed by atoms with Gasteiger partial charge in [-0.05, 0) is 34.8 Å². The largest absolute Gasteiger partial charge is 0.369 e. The first-order valence-electron chi connectivity index (χ1n) is 5.76. The molecule has 1 aliphatic rings. The Morgan fingerprint density at radius 3 is 2.71 bits per heavy atom. The van der Waals surface area contributed by atoms with Crippen molar-refractivity contribution in [2.24, 2.45) is 5.41 Å². The van der Waals surface area contributed by atoms with E-state index in [-0.39, 0.29) is 5.41 Å². The van der Waals surface area contributed by atoms with Crippen molar-refractivity contribution in [3.05, 3.63) is 21.8 Å². The fourth-order valence-electron chi connectivity index (χ4n) is 2.30. The molecule has 2 nitrogen and oxygen atoms in total. The van der Waals surface area contributed by atoms with Gasteiger partial charge in [-0.15, -0.1) is 11.6 Å². The molecule has 94 valence electrons. The van der Waals surface area contributed by atoms with Crippen LogP contribution < -0.4 is 5.32 Å². The fourth-order valence-corrected chi connectivity index (χ4v) is 3.44. The molecule has 1 saturated carbocycles. The highest BCUT2D eigenvalue weighted by Crippen LogP contribution is 2.39. The van der Waals surface area contributed by atoms with E-state index in [9.17, 15) is 0 Å². The van der Waals surface area contributed by atoms with Crippen LogP contribution in [0.3, 0.4) is 0 Å². The lowest BCUT2D eigenvalue weighted by Crippen LogP contribution is -2.28. The Kier molecular flexibility index (Phi) is 4.56. The molecule has 1 fully saturated rings. The van der Waals surface area contributed by atoms with Gasteiger partial charge >= 0.3 is 0 Å². The summed E-state index contributed by atoms with van der Waals surface area (Å²) >= 11 is 15.4. The summed E-state index contributed by atoms with van der Waals surface area (Å²) in [4.78, 5) is 4.27. The van der Waals surface area contributed by atoms with Gasteiger partial charge in [-0.1, -0.05) is 24.4 Å². The number of hydrogen-bond acceptors (Lipinski definition) is 2. The molecular weight excluding hydrogens is 323 g/mol. The maximum absolute atomic E-state index is 6.10. The smallest absolute Gasteiger partial charge is 0.140 e. The van der Waals surface area contributed by atoms with E-state index in [1.165, 1.54) is 25.7 Å². The third-order valence-electron chi connectivity index (χ3n) is 3.39. The highest BCUT2D eigenvalue weighted by Gasteiger charge is 2.32. The van der Waals surface area contributed by atoms with Crippen molar-refractivity contribution >= 4 is 44.9 Å². The van der Waals surface area contributed by atoms with Gasteiger partial charge < -0.3 is 5.32 Å². The zero-order chi connectivity index (χ0) is 12.3. The number of halogens is 3. The van der Waals surface area contributed by atoms with E-state index in [4.69, 9.17) is 23.2 Å². The van der Waals surface area contributed by atoms with Crippen molar-refractivity contribution in [3.8, 4) is 0 Å². The van der Waals surface area contributed by atoms with E-state index in [1.807, 2.05) is 6.07 Å². The van der Waals surface area contributed by atoms with Gasteiger partial charge in [-0.2, -0.15) is 0 Å². The van der Waals surface area contributed by atoms with E-state index >= 15 is 0 Å². The SMILES string of the molecule is ClCC1(CNc2ncc(Cl)cc2Br)CCCC1. The minimum absolute atomic E-state index is 0.238. The average Bonchev–Trinajstić information content (AvgIpc) is 2.77. The summed E-state index contributed by atoms with van der Waals surface area (Å²) in [5.74, 6) is 1.55. The molecule has 0 atom stereocenters. The third kappa shape index (κ3) is 3.27. The van der Waals surface area contributed by atoms with Crippen LogP contribution in [0.2, 0.25) is 5.02 Å². The summed E-state index contributed by atoms with van der Waals surface area (Å²) in [5.41, 5.74) is 0.238. The Morgan fingerprint density at radius 2 is 2.12 bits per heavy atom. The highest BCUT2D eigenvalue weighted by atomic mass is 79.9. The summed E-state index contributed by atoms with van der Waals surface area (Å²) in [6.45, 7) is 0.879. The first-order chi connectivity index (χ1) is 8.15. The predicted octanol–water partition coefficient (Wildman–Crippen LogP) is 4.71. The highest BCUT2D eigenvalue weighted by molar-refractivity contribution is 9.10. The molecule has 0 radical (unpaired) electrons. The topological polar surface area (TPSA) is 24.9 Å². The molecular formula is C12H15BrCl2N2. The number of nitrogens with one attached hydrogen (secondary N) is 1. The minimum Gasteiger partial charge on any atom is -0.369 e. The van der Waals surface area contributed by atoms with E-state index < -0.39 is 0 Å². The van der Waals surface area contributed by atoms with Crippen molar-refractivity contribution in [1.29, 1.82) is 0 Å². The quantitative estimate of drug-likeness (QED) is 0.805. The molecule has 0 aromatic carbocycles. The molecule has 0 unspecified atom stereocenters. The summed E-state index contributed by atoms with van der Waals surface area (Å²) in [7, 11) is 0. The number of anilines is 1. The number of alkyl halides is 1. The Hall–Kier alpha value is 0.01000. The second kappa shape index (κ2) is 5.77. The van der Waals surface area contributed by atoms with Crippen LogP contribution in [0.4, 0.5) is 5.82 Å². The van der Waals surface area contributed by atoms with E-state index in [0.29, 0.717) is 10.9 Å². The molecule has 0 bridgehead atoms. The van der Waals surface area contributed by atoms with Crippen LogP contribution in [0.25, 0.3) is 0 Å². The lowest BCUT2D eigenvalue weighted by Gasteiger charge is -2.26. The van der Waals surface area contributed by atoms with Crippen molar-refractivity contribution < 1.29 is 0 Å². The van der Waals surface area contributed by atoms with Crippen molar-refractivity contribution in [2.75, 3.05) is 17.7 Å². The monoisotopic (exact) mass is 336 g/mol. The van der Waals surface area contributed by atoms with Crippen LogP contribution in [0, 0.1) is 5.41 Å². The number of rotatable bonds is 4. The second-order valence-electron chi connectivity index (χ2n) is 4.68. The van der Waals surface area contributed by atoms with E-state index in [2.05, 4.69) is 26.2 Å². The molecule has 1 aromatic rings. The summed E-state index contributed by atoms with van der Waals surface area (Å²) in [6, 6.07) is 1.85. The minimum atomic E-state index is 0.238. The van der Waals surface area contributed by atoms with Crippen LogP contribution in [-0.2, 0) is 0 Å². The molecule has 17 heavy (non-hydrogen) atoms. The van der Waals surface area contributed by atoms with Crippen LogP contribution in [0.1, 0.15) is 25.7 Å². The molecule has 2 rings (SSSR count). The summed E-state index contributed by atoms with van der Waals surface area (Å²) in [6.07, 6.45) is 6.62. The number of pyridine rings is 1. The molecule has 5 heteroatoms. The Labute approximate surface area is 120 Å². The lowest BCUT2D eigenvalue weighted by molar-refractivity contribution is 0.368. The van der Waals surface area contributed by atoms with Crippen LogP contribution in [0.15, 0.2) is 16.7 Å². The summed E-state index contributed by atoms with van der Waals surface area (Å²) < 4.78 is 0.896. The predicted molar refractivity (Wildman–Crippen MR) is 77.1 cm³/mol. The van der Waals surface area contributed by atoms with Crippen LogP contribution >= 0.6 is 39.1 Å². The van der Waals surface area contributed by atoms with Gasteiger partial charge in [0.05, 0.1) is 9.50 Å². The number of aromatic nitrogens is 1. The first kappa shape index (κ1) is 13.4. The normalized spacial score (nSPS) is 18.3. The van der Waals surface area contributed by atoms with Crippen molar-refractivity contribution in [2.45, 2.75) is 25.7 Å². The molecule has 1 heterocycles. The van der Waals surface area contributed by atoms with Gasteiger partial charge in [0.2, 0.25) is 0 Å². The molecule has 0 aliphatic heterocycles. The fraction of sp³-hybridized carbons (Fsp3) is 0.583. The van der Waals surface area contributed by atoms with Gasteiger partial charge in [-0.3, -0.25) is 0 Å². The molecule has 0 spiro atoms. The Balaban J connectivity index is 2.01. The molecule has 0 saturated heterocycles. The van der Waals surface area contributed by atoms with Gasteiger partial charge in [0, 0.05) is 24.0 Å². The maximum Gasteiger partial charge on any atom is 0.140 e. The van der Waals surface area contributed by atoms with Crippen molar-refractivity contribution in [1.82, 2.24) is 4.98 Å².